The van der Waals surface area contributed by atoms with E-state index in [9.17, 15) is 9.59 Å². The highest BCUT2D eigenvalue weighted by atomic mass is 16.2. The Morgan fingerprint density at radius 3 is 2.55 bits per heavy atom. The summed E-state index contributed by atoms with van der Waals surface area (Å²) in [5, 5.41) is 8.55. The third kappa shape index (κ3) is 5.40. The average molecular weight is 277 g/mol. The van der Waals surface area contributed by atoms with Gasteiger partial charge in [-0.25, -0.2) is 0 Å². The second-order valence-electron chi connectivity index (χ2n) is 4.75. The highest BCUT2D eigenvalue weighted by Crippen LogP contribution is 2.15. The van der Waals surface area contributed by atoms with Gasteiger partial charge in [-0.2, -0.15) is 0 Å². The zero-order chi connectivity index (χ0) is 15.0. The number of carbonyl (C=O) groups is 2. The number of carbonyl (C=O) groups excluding carboxylic acids is 2. The van der Waals surface area contributed by atoms with Crippen molar-refractivity contribution in [3.05, 3.63) is 29.8 Å². The molecule has 3 N–H and O–H groups in total. The first-order chi connectivity index (χ1) is 9.56. The molecule has 0 aliphatic heterocycles. The molecule has 1 rings (SSSR count). The number of anilines is 1. The monoisotopic (exact) mass is 277 g/mol. The molecule has 0 aromatic heterocycles. The summed E-state index contributed by atoms with van der Waals surface area (Å²) in [6.07, 6.45) is 1.23. The molecule has 1 atom stereocenters. The number of para-hydroxylation sites is 1. The molecule has 2 amide bonds. The van der Waals surface area contributed by atoms with Crippen LogP contribution in [0.15, 0.2) is 24.3 Å². The molecule has 0 aliphatic rings. The van der Waals surface area contributed by atoms with Crippen molar-refractivity contribution >= 4 is 17.5 Å². The molecule has 1 aromatic carbocycles. The van der Waals surface area contributed by atoms with Crippen LogP contribution in [0.2, 0.25) is 0 Å². The fraction of sp³-hybridized carbons (Fsp3) is 0.467. The van der Waals surface area contributed by atoms with Gasteiger partial charge >= 0.3 is 0 Å². The lowest BCUT2D eigenvalue weighted by Crippen LogP contribution is -2.34. The lowest BCUT2D eigenvalue weighted by molar-refractivity contribution is -0.120. The highest BCUT2D eigenvalue weighted by molar-refractivity contribution is 5.94. The zero-order valence-corrected chi connectivity index (χ0v) is 12.3. The van der Waals surface area contributed by atoms with Crippen molar-refractivity contribution in [1.29, 1.82) is 0 Å². The van der Waals surface area contributed by atoms with Gasteiger partial charge in [0.25, 0.3) is 0 Å². The van der Waals surface area contributed by atoms with E-state index in [-0.39, 0.29) is 24.8 Å². The molecule has 1 aromatic rings. The molecule has 1 unspecified atom stereocenters. The van der Waals surface area contributed by atoms with Crippen molar-refractivity contribution in [2.24, 2.45) is 0 Å². The number of nitrogens with one attached hydrogen (secondary N) is 3. The molecule has 0 fully saturated rings. The van der Waals surface area contributed by atoms with Crippen LogP contribution >= 0.6 is 0 Å². The van der Waals surface area contributed by atoms with Crippen molar-refractivity contribution in [3.8, 4) is 0 Å². The van der Waals surface area contributed by atoms with Gasteiger partial charge < -0.3 is 16.0 Å². The summed E-state index contributed by atoms with van der Waals surface area (Å²) < 4.78 is 0. The van der Waals surface area contributed by atoms with E-state index >= 15 is 0 Å². The van der Waals surface area contributed by atoms with Gasteiger partial charge in [-0.05, 0) is 25.0 Å². The van der Waals surface area contributed by atoms with E-state index in [2.05, 4.69) is 22.9 Å². The zero-order valence-electron chi connectivity index (χ0n) is 12.3. The molecule has 0 bridgehead atoms. The minimum atomic E-state index is -0.102. The number of rotatable bonds is 7. The maximum atomic E-state index is 11.9. The molecule has 0 aliphatic carbocycles. The topological polar surface area (TPSA) is 70.2 Å². The number of hydrogen-bond acceptors (Lipinski definition) is 3. The molecule has 0 heterocycles. The molecule has 0 radical (unpaired) electrons. The van der Waals surface area contributed by atoms with Gasteiger partial charge in [0.05, 0.1) is 13.0 Å². The summed E-state index contributed by atoms with van der Waals surface area (Å²) in [6, 6.07) is 7.64. The van der Waals surface area contributed by atoms with Crippen molar-refractivity contribution in [2.45, 2.75) is 32.7 Å². The quantitative estimate of drug-likeness (QED) is 0.703. The molecule has 5 heteroatoms. The second kappa shape index (κ2) is 8.32. The van der Waals surface area contributed by atoms with Gasteiger partial charge in [0.1, 0.15) is 0 Å². The minimum Gasteiger partial charge on any atom is -0.359 e. The normalized spacial score (nSPS) is 11.8. The van der Waals surface area contributed by atoms with Crippen LogP contribution in [-0.4, -0.2) is 31.4 Å². The Kier molecular flexibility index (Phi) is 6.73. The maximum absolute atomic E-state index is 11.9. The van der Waals surface area contributed by atoms with E-state index in [0.29, 0.717) is 11.7 Å². The van der Waals surface area contributed by atoms with E-state index in [1.807, 2.05) is 25.1 Å². The summed E-state index contributed by atoms with van der Waals surface area (Å²) in [6.45, 7) is 4.37. The molecule has 0 saturated heterocycles. The van der Waals surface area contributed by atoms with Crippen molar-refractivity contribution in [2.75, 3.05) is 18.9 Å². The van der Waals surface area contributed by atoms with E-state index in [0.717, 1.165) is 12.0 Å². The Labute approximate surface area is 120 Å². The fourth-order valence-corrected chi connectivity index (χ4v) is 1.66. The molecule has 0 spiro atoms. The summed E-state index contributed by atoms with van der Waals surface area (Å²) in [7, 11) is 1.60. The molecule has 5 nitrogen and oxygen atoms in total. The van der Waals surface area contributed by atoms with Gasteiger partial charge in [0, 0.05) is 18.8 Å². The Balaban J connectivity index is 2.62. The smallest absolute Gasteiger partial charge is 0.238 e. The first kappa shape index (κ1) is 16.2. The van der Waals surface area contributed by atoms with Crippen LogP contribution in [0.5, 0.6) is 0 Å². The lowest BCUT2D eigenvalue weighted by Gasteiger charge is -2.13. The maximum Gasteiger partial charge on any atom is 0.238 e. The lowest BCUT2D eigenvalue weighted by atomic mass is 10.1. The van der Waals surface area contributed by atoms with Crippen molar-refractivity contribution in [1.82, 2.24) is 10.6 Å². The Morgan fingerprint density at radius 2 is 1.90 bits per heavy atom. The van der Waals surface area contributed by atoms with Crippen LogP contribution in [0.1, 0.15) is 25.8 Å². The van der Waals surface area contributed by atoms with E-state index in [1.54, 1.807) is 13.1 Å². The molecular formula is C15H23N3O2. The van der Waals surface area contributed by atoms with Crippen LogP contribution in [0, 0.1) is 0 Å². The predicted octanol–water partition coefficient (Wildman–Crippen LogP) is 1.30. The number of benzene rings is 1. The minimum absolute atomic E-state index is 0.0792. The average Bonchev–Trinajstić information content (AvgIpc) is 2.46. The van der Waals surface area contributed by atoms with Crippen molar-refractivity contribution in [3.63, 3.8) is 0 Å². The van der Waals surface area contributed by atoms with E-state index < -0.39 is 0 Å². The van der Waals surface area contributed by atoms with E-state index in [1.165, 1.54) is 0 Å². The highest BCUT2D eigenvalue weighted by Gasteiger charge is 2.09. The standard InChI is InChI=1S/C15H23N3O2/c1-4-11(2)17-10-15(20)18-13-8-6-5-7-12(13)9-14(19)16-3/h5-8,11,17H,4,9-10H2,1-3H3,(H,16,19)(H,18,20). The molecule has 110 valence electrons. The third-order valence-corrected chi connectivity index (χ3v) is 3.14. The number of hydrogen-bond donors (Lipinski definition) is 3. The van der Waals surface area contributed by atoms with Crippen LogP contribution in [0.3, 0.4) is 0 Å². The summed E-state index contributed by atoms with van der Waals surface area (Å²) in [5.74, 6) is -0.181. The second-order valence-corrected chi connectivity index (χ2v) is 4.75. The van der Waals surface area contributed by atoms with Crippen LogP contribution in [0.25, 0.3) is 0 Å². The number of likely N-dealkylation sites (N-methyl/N-ethyl adjacent to an activating group) is 1. The van der Waals surface area contributed by atoms with Gasteiger partial charge in [-0.1, -0.05) is 25.1 Å². The SMILES string of the molecule is CCC(C)NCC(=O)Nc1ccccc1CC(=O)NC. The molecule has 0 saturated carbocycles. The van der Waals surface area contributed by atoms with Gasteiger partial charge in [-0.15, -0.1) is 0 Å². The van der Waals surface area contributed by atoms with Gasteiger partial charge in [0.2, 0.25) is 11.8 Å². The summed E-state index contributed by atoms with van der Waals surface area (Å²) >= 11 is 0. The molecule has 20 heavy (non-hydrogen) atoms. The van der Waals surface area contributed by atoms with Gasteiger partial charge in [0.15, 0.2) is 0 Å². The van der Waals surface area contributed by atoms with Crippen LogP contribution in [0.4, 0.5) is 5.69 Å². The largest absolute Gasteiger partial charge is 0.359 e. The first-order valence-corrected chi connectivity index (χ1v) is 6.88. The first-order valence-electron chi connectivity index (χ1n) is 6.88. The summed E-state index contributed by atoms with van der Waals surface area (Å²) in [4.78, 5) is 23.3. The Bertz CT molecular complexity index is 460. The van der Waals surface area contributed by atoms with Crippen LogP contribution < -0.4 is 16.0 Å². The Hall–Kier alpha value is -1.88. The number of amides is 2. The summed E-state index contributed by atoms with van der Waals surface area (Å²) in [5.41, 5.74) is 1.50. The van der Waals surface area contributed by atoms with Crippen molar-refractivity contribution < 1.29 is 9.59 Å². The van der Waals surface area contributed by atoms with E-state index in [4.69, 9.17) is 0 Å². The van der Waals surface area contributed by atoms with Crippen LogP contribution in [-0.2, 0) is 16.0 Å². The van der Waals surface area contributed by atoms with Gasteiger partial charge in [-0.3, -0.25) is 9.59 Å². The fourth-order valence-electron chi connectivity index (χ4n) is 1.66. The Morgan fingerprint density at radius 1 is 1.20 bits per heavy atom. The predicted molar refractivity (Wildman–Crippen MR) is 80.6 cm³/mol. The molecular weight excluding hydrogens is 254 g/mol. The third-order valence-electron chi connectivity index (χ3n) is 3.14.